The molecule has 0 bridgehead atoms. The van der Waals surface area contributed by atoms with Gasteiger partial charge in [0.1, 0.15) is 5.69 Å². The zero-order chi connectivity index (χ0) is 10.1. The first-order valence-corrected chi connectivity index (χ1v) is 4.93. The molecule has 0 spiro atoms. The molecule has 3 nitrogen and oxygen atoms in total. The summed E-state index contributed by atoms with van der Waals surface area (Å²) in [7, 11) is 1.82. The lowest BCUT2D eigenvalue weighted by Gasteiger charge is -2.00. The Morgan fingerprint density at radius 3 is 2.93 bits per heavy atom. The lowest BCUT2D eigenvalue weighted by atomic mass is 10.1. The van der Waals surface area contributed by atoms with E-state index in [1.165, 1.54) is 12.8 Å². The lowest BCUT2D eigenvalue weighted by Crippen LogP contribution is -2.06. The number of carbonyl (C=O) groups excluding carboxylic acids is 1. The Balaban J connectivity index is 2.38. The molecule has 0 aliphatic heterocycles. The number of hydrogen-bond acceptors (Lipinski definition) is 2. The molecule has 1 heterocycles. The predicted molar refractivity (Wildman–Crippen MR) is 54.3 cm³/mol. The van der Waals surface area contributed by atoms with E-state index < -0.39 is 0 Å². The second-order valence-electron chi connectivity index (χ2n) is 3.71. The van der Waals surface area contributed by atoms with Gasteiger partial charge in [0.15, 0.2) is 0 Å². The largest absolute Gasteiger partial charge is 0.288 e. The van der Waals surface area contributed by atoms with Crippen LogP contribution in [0.2, 0.25) is 0 Å². The predicted octanol–water partition coefficient (Wildman–Crippen LogP) is 2.06. The van der Waals surface area contributed by atoms with Gasteiger partial charge in [-0.05, 0) is 31.8 Å². The first kappa shape index (κ1) is 9.19. The number of aryl methyl sites for hydroxylation is 1. The Morgan fingerprint density at radius 1 is 1.64 bits per heavy atom. The lowest BCUT2D eigenvalue weighted by molar-refractivity contribution is 0.103. The number of allylic oxidation sites excluding steroid dienone is 2. The van der Waals surface area contributed by atoms with Gasteiger partial charge in [-0.2, -0.15) is 5.10 Å². The number of hydrogen-bond donors (Lipinski definition) is 0. The van der Waals surface area contributed by atoms with Crippen LogP contribution in [0.25, 0.3) is 0 Å². The molecule has 1 aromatic heterocycles. The number of aromatic nitrogens is 2. The second kappa shape index (κ2) is 3.40. The van der Waals surface area contributed by atoms with E-state index >= 15 is 0 Å². The Labute approximate surface area is 83.4 Å². The molecule has 2 rings (SSSR count). The Bertz CT molecular complexity index is 386. The van der Waals surface area contributed by atoms with Crippen LogP contribution in [0.3, 0.4) is 0 Å². The van der Waals surface area contributed by atoms with Crippen LogP contribution in [0.1, 0.15) is 41.7 Å². The Morgan fingerprint density at radius 2 is 2.36 bits per heavy atom. The van der Waals surface area contributed by atoms with Crippen molar-refractivity contribution in [1.29, 1.82) is 0 Å². The second-order valence-corrected chi connectivity index (χ2v) is 3.71. The summed E-state index contributed by atoms with van der Waals surface area (Å²) < 4.78 is 1.68. The van der Waals surface area contributed by atoms with E-state index in [0.29, 0.717) is 5.92 Å². The number of carbonyl (C=O) groups is 1. The molecule has 1 fully saturated rings. The van der Waals surface area contributed by atoms with Crippen LogP contribution in [-0.2, 0) is 7.05 Å². The molecule has 0 unspecified atom stereocenters. The molecule has 1 aliphatic carbocycles. The summed E-state index contributed by atoms with van der Waals surface area (Å²) in [6.07, 6.45) is 7.59. The van der Waals surface area contributed by atoms with Crippen LogP contribution in [0.5, 0.6) is 0 Å². The highest BCUT2D eigenvalue weighted by atomic mass is 16.1. The quantitative estimate of drug-likeness (QED) is 0.540. The average molecular weight is 190 g/mol. The van der Waals surface area contributed by atoms with Crippen molar-refractivity contribution in [3.8, 4) is 0 Å². The van der Waals surface area contributed by atoms with Gasteiger partial charge in [0, 0.05) is 12.6 Å². The van der Waals surface area contributed by atoms with Crippen molar-refractivity contribution in [3.05, 3.63) is 29.6 Å². The first-order valence-electron chi connectivity index (χ1n) is 4.93. The summed E-state index contributed by atoms with van der Waals surface area (Å²) in [5.74, 6) is 0.641. The van der Waals surface area contributed by atoms with Crippen molar-refractivity contribution in [1.82, 2.24) is 9.78 Å². The van der Waals surface area contributed by atoms with E-state index in [4.69, 9.17) is 0 Å². The van der Waals surface area contributed by atoms with Gasteiger partial charge in [-0.15, -0.1) is 0 Å². The number of nitrogens with zero attached hydrogens (tertiary/aromatic N) is 2. The molecule has 3 heteroatoms. The number of ketones is 1. The van der Waals surface area contributed by atoms with E-state index in [9.17, 15) is 4.79 Å². The van der Waals surface area contributed by atoms with E-state index in [0.717, 1.165) is 11.3 Å². The van der Waals surface area contributed by atoms with E-state index in [2.05, 4.69) is 5.10 Å². The standard InChI is InChI=1S/C11H14N2O/c1-3-4-10(14)11-9(8-5-6-8)7-12-13(11)2/h3-4,7-8H,5-6H2,1-2H3/b4-3+. The molecule has 0 radical (unpaired) electrons. The first-order chi connectivity index (χ1) is 6.74. The number of rotatable bonds is 3. The van der Waals surface area contributed by atoms with Crippen LogP contribution in [0, 0.1) is 0 Å². The SMILES string of the molecule is C/C=C/C(=O)c1c(C2CC2)cnn1C. The molecule has 0 atom stereocenters. The highest BCUT2D eigenvalue weighted by molar-refractivity contribution is 6.04. The maximum absolute atomic E-state index is 11.7. The van der Waals surface area contributed by atoms with Crippen molar-refractivity contribution in [2.75, 3.05) is 0 Å². The third-order valence-electron chi connectivity index (χ3n) is 2.54. The van der Waals surface area contributed by atoms with Gasteiger partial charge < -0.3 is 0 Å². The summed E-state index contributed by atoms with van der Waals surface area (Å²) in [6.45, 7) is 1.85. The molecule has 74 valence electrons. The third-order valence-corrected chi connectivity index (χ3v) is 2.54. The van der Waals surface area contributed by atoms with Gasteiger partial charge in [-0.1, -0.05) is 6.08 Å². The van der Waals surface area contributed by atoms with E-state index in [1.807, 2.05) is 20.2 Å². The van der Waals surface area contributed by atoms with Gasteiger partial charge in [0.2, 0.25) is 5.78 Å². The topological polar surface area (TPSA) is 34.9 Å². The summed E-state index contributed by atoms with van der Waals surface area (Å²) >= 11 is 0. The third kappa shape index (κ3) is 1.50. The van der Waals surface area contributed by atoms with Gasteiger partial charge in [-0.25, -0.2) is 0 Å². The fourth-order valence-corrected chi connectivity index (χ4v) is 1.68. The maximum atomic E-state index is 11.7. The minimum Gasteiger partial charge on any atom is -0.288 e. The molecular weight excluding hydrogens is 176 g/mol. The molecule has 0 amide bonds. The molecule has 0 saturated heterocycles. The monoisotopic (exact) mass is 190 g/mol. The summed E-state index contributed by atoms with van der Waals surface area (Å²) in [5, 5.41) is 4.14. The molecule has 14 heavy (non-hydrogen) atoms. The zero-order valence-electron chi connectivity index (χ0n) is 8.53. The molecule has 1 aliphatic rings. The average Bonchev–Trinajstić information content (AvgIpc) is 2.90. The van der Waals surface area contributed by atoms with Crippen molar-refractivity contribution < 1.29 is 4.79 Å². The molecular formula is C11H14N2O. The van der Waals surface area contributed by atoms with Crippen LogP contribution < -0.4 is 0 Å². The van der Waals surface area contributed by atoms with E-state index in [1.54, 1.807) is 16.8 Å². The minimum atomic E-state index is 0.0643. The van der Waals surface area contributed by atoms with Gasteiger partial charge in [0.05, 0.1) is 6.20 Å². The highest BCUT2D eigenvalue weighted by Crippen LogP contribution is 2.41. The molecule has 1 aromatic rings. The summed E-state index contributed by atoms with van der Waals surface area (Å²) in [5.41, 5.74) is 1.88. The smallest absolute Gasteiger partial charge is 0.203 e. The Hall–Kier alpha value is -1.38. The van der Waals surface area contributed by atoms with Gasteiger partial charge in [-0.3, -0.25) is 9.48 Å². The molecule has 0 aromatic carbocycles. The Kier molecular flexibility index (Phi) is 2.23. The van der Waals surface area contributed by atoms with Crippen LogP contribution in [-0.4, -0.2) is 15.6 Å². The van der Waals surface area contributed by atoms with Gasteiger partial charge in [0.25, 0.3) is 0 Å². The van der Waals surface area contributed by atoms with Crippen molar-refractivity contribution >= 4 is 5.78 Å². The molecule has 1 saturated carbocycles. The summed E-state index contributed by atoms with van der Waals surface area (Å²) in [4.78, 5) is 11.7. The van der Waals surface area contributed by atoms with Crippen molar-refractivity contribution in [3.63, 3.8) is 0 Å². The van der Waals surface area contributed by atoms with Crippen LogP contribution in [0.15, 0.2) is 18.3 Å². The fourth-order valence-electron chi connectivity index (χ4n) is 1.68. The van der Waals surface area contributed by atoms with Gasteiger partial charge >= 0.3 is 0 Å². The van der Waals surface area contributed by atoms with Crippen LogP contribution >= 0.6 is 0 Å². The molecule has 0 N–H and O–H groups in total. The van der Waals surface area contributed by atoms with Crippen molar-refractivity contribution in [2.24, 2.45) is 7.05 Å². The maximum Gasteiger partial charge on any atom is 0.203 e. The fraction of sp³-hybridized carbons (Fsp3) is 0.455. The van der Waals surface area contributed by atoms with Crippen LogP contribution in [0.4, 0.5) is 0 Å². The summed E-state index contributed by atoms with van der Waals surface area (Å²) in [6, 6.07) is 0. The van der Waals surface area contributed by atoms with E-state index in [-0.39, 0.29) is 5.78 Å². The minimum absolute atomic E-state index is 0.0643. The zero-order valence-corrected chi connectivity index (χ0v) is 8.53. The highest BCUT2D eigenvalue weighted by Gasteiger charge is 2.29. The van der Waals surface area contributed by atoms with Crippen molar-refractivity contribution in [2.45, 2.75) is 25.7 Å². The normalized spacial score (nSPS) is 16.4.